The van der Waals surface area contributed by atoms with E-state index in [4.69, 9.17) is 10.5 Å². The zero-order valence-corrected chi connectivity index (χ0v) is 19.2. The van der Waals surface area contributed by atoms with Crippen molar-refractivity contribution in [3.8, 4) is 0 Å². The lowest BCUT2D eigenvalue weighted by Gasteiger charge is -2.18. The van der Waals surface area contributed by atoms with Crippen LogP contribution < -0.4 is 16.4 Å². The zero-order chi connectivity index (χ0) is 23.2. The monoisotopic (exact) mass is 455 g/mol. The number of nitrogens with one attached hydrogen (secondary N) is 2. The lowest BCUT2D eigenvalue weighted by molar-refractivity contribution is 0.0857. The topological polar surface area (TPSA) is 85.6 Å². The quantitative estimate of drug-likeness (QED) is 0.450. The van der Waals surface area contributed by atoms with Gasteiger partial charge in [-0.25, -0.2) is 4.79 Å². The highest BCUT2D eigenvalue weighted by Crippen LogP contribution is 2.55. The molecule has 1 amide bonds. The summed E-state index contributed by atoms with van der Waals surface area (Å²) in [7, 11) is 1.32. The van der Waals surface area contributed by atoms with Crippen molar-refractivity contribution < 1.29 is 14.3 Å². The van der Waals surface area contributed by atoms with E-state index >= 15 is 0 Å². The molecule has 1 aliphatic carbocycles. The summed E-state index contributed by atoms with van der Waals surface area (Å²) < 4.78 is 11.0. The number of ether oxygens (including phenoxy) is 2. The Bertz CT molecular complexity index is 1240. The minimum Gasteiger partial charge on any atom is -0.453 e. The number of nitrogens with two attached hydrogens (primary N) is 1. The predicted octanol–water partition coefficient (Wildman–Crippen LogP) is 4.69. The molecule has 6 nitrogen and oxygen atoms in total. The molecular formula is C28H29N3O3. The van der Waals surface area contributed by atoms with Crippen molar-refractivity contribution in [2.75, 3.05) is 7.11 Å². The van der Waals surface area contributed by atoms with Crippen molar-refractivity contribution in [2.45, 2.75) is 50.2 Å². The molecule has 0 aromatic heterocycles. The van der Waals surface area contributed by atoms with Crippen LogP contribution in [-0.4, -0.2) is 13.2 Å². The molecule has 4 N–H and O–H groups in total. The highest BCUT2D eigenvalue weighted by atomic mass is 16.5. The summed E-state index contributed by atoms with van der Waals surface area (Å²) in [6, 6.07) is 21.6. The summed E-state index contributed by atoms with van der Waals surface area (Å²) in [6.07, 6.45) is 1.66. The van der Waals surface area contributed by atoms with Crippen molar-refractivity contribution in [3.05, 3.63) is 105 Å². The van der Waals surface area contributed by atoms with Crippen LogP contribution in [0.5, 0.6) is 0 Å². The Balaban J connectivity index is 1.09. The average molecular weight is 456 g/mol. The van der Waals surface area contributed by atoms with Gasteiger partial charge in [0.1, 0.15) is 18.4 Å². The molecule has 1 unspecified atom stereocenters. The number of rotatable bonds is 7. The van der Waals surface area contributed by atoms with Gasteiger partial charge in [-0.3, -0.25) is 0 Å². The van der Waals surface area contributed by atoms with E-state index in [0.717, 1.165) is 30.1 Å². The van der Waals surface area contributed by atoms with Crippen LogP contribution in [0.15, 0.2) is 60.7 Å². The molecule has 3 atom stereocenters. The number of hydrogen-bond donors (Lipinski definition) is 3. The Hall–Kier alpha value is -3.19. The molecule has 3 aliphatic rings. The predicted molar refractivity (Wildman–Crippen MR) is 129 cm³/mol. The van der Waals surface area contributed by atoms with Crippen LogP contribution in [0.1, 0.15) is 81.6 Å². The Kier molecular flexibility index (Phi) is 5.37. The van der Waals surface area contributed by atoms with Crippen molar-refractivity contribution in [1.82, 2.24) is 10.6 Å². The summed E-state index contributed by atoms with van der Waals surface area (Å²) in [4.78, 5) is 11.3. The third kappa shape index (κ3) is 3.88. The lowest BCUT2D eigenvalue weighted by atomic mass is 9.84. The molecule has 1 fully saturated rings. The van der Waals surface area contributed by atoms with Gasteiger partial charge in [0.15, 0.2) is 0 Å². The van der Waals surface area contributed by atoms with Gasteiger partial charge in [-0.2, -0.15) is 0 Å². The second-order valence-corrected chi connectivity index (χ2v) is 9.48. The fourth-order valence-corrected chi connectivity index (χ4v) is 5.16. The summed E-state index contributed by atoms with van der Waals surface area (Å²) in [5, 5.41) is 6.10. The fraction of sp³-hybridized carbons (Fsp3) is 0.321. The van der Waals surface area contributed by atoms with E-state index in [2.05, 4.69) is 51.8 Å². The van der Waals surface area contributed by atoms with Crippen molar-refractivity contribution in [3.63, 3.8) is 0 Å². The van der Waals surface area contributed by atoms with Gasteiger partial charge in [-0.15, -0.1) is 0 Å². The fourth-order valence-electron chi connectivity index (χ4n) is 5.16. The number of methoxy groups -OCH3 is 1. The Morgan fingerprint density at radius 3 is 2.32 bits per heavy atom. The van der Waals surface area contributed by atoms with Crippen molar-refractivity contribution in [1.29, 1.82) is 0 Å². The maximum atomic E-state index is 11.3. The molecule has 34 heavy (non-hydrogen) atoms. The Morgan fingerprint density at radius 2 is 1.59 bits per heavy atom. The normalized spacial score (nSPS) is 20.5. The third-order valence-corrected chi connectivity index (χ3v) is 7.17. The first-order valence-electron chi connectivity index (χ1n) is 11.9. The molecular weight excluding hydrogens is 426 g/mol. The number of benzene rings is 3. The van der Waals surface area contributed by atoms with E-state index in [9.17, 15) is 4.79 Å². The summed E-state index contributed by atoms with van der Waals surface area (Å²) >= 11 is 0. The zero-order valence-electron chi connectivity index (χ0n) is 19.2. The smallest absolute Gasteiger partial charge is 0.408 e. The Morgan fingerprint density at radius 1 is 0.941 bits per heavy atom. The van der Waals surface area contributed by atoms with E-state index in [-0.39, 0.29) is 12.2 Å². The molecule has 1 saturated carbocycles. The van der Waals surface area contributed by atoms with E-state index in [1.54, 1.807) is 0 Å². The second-order valence-electron chi connectivity index (χ2n) is 9.48. The van der Waals surface area contributed by atoms with Crippen LogP contribution in [0.25, 0.3) is 0 Å². The van der Waals surface area contributed by atoms with E-state index in [1.807, 2.05) is 24.3 Å². The maximum absolute atomic E-state index is 11.3. The number of hydrogen-bond acceptors (Lipinski definition) is 5. The van der Waals surface area contributed by atoms with Crippen LogP contribution in [-0.2, 0) is 22.6 Å². The van der Waals surface area contributed by atoms with Gasteiger partial charge in [-0.1, -0.05) is 60.7 Å². The lowest BCUT2D eigenvalue weighted by Crippen LogP contribution is -2.33. The number of carbonyl (C=O) groups is 1. The van der Waals surface area contributed by atoms with Gasteiger partial charge >= 0.3 is 6.09 Å². The molecule has 0 radical (unpaired) electrons. The van der Waals surface area contributed by atoms with Crippen molar-refractivity contribution in [2.24, 2.45) is 5.73 Å². The molecule has 3 aromatic rings. The van der Waals surface area contributed by atoms with E-state index < -0.39 is 12.3 Å². The number of carbonyl (C=O) groups excluding carboxylic acids is 1. The summed E-state index contributed by atoms with van der Waals surface area (Å²) in [6.45, 7) is 1.53. The maximum Gasteiger partial charge on any atom is 0.408 e. The van der Waals surface area contributed by atoms with Gasteiger partial charge < -0.3 is 25.8 Å². The standard InChI is InChI=1S/C28H29N3O3/c1-33-28(32)31-27(29)19-5-2-16(3-6-19)14-30-15-17-4-10-21-23(12-17)26-24-13-20(18-7-8-18)9-11-22(24)25(21)34-26/h2-6,9-13,18,25-27,30H,7-8,14-15,29H2,1H3,(H,31,32)/t25-,26+,27?/m1/s1. The highest BCUT2D eigenvalue weighted by molar-refractivity contribution is 5.67. The molecule has 0 spiro atoms. The molecule has 2 heterocycles. The first kappa shape index (κ1) is 21.4. The highest BCUT2D eigenvalue weighted by Gasteiger charge is 2.43. The number of fused-ring (bicyclic) bond motifs is 8. The van der Waals surface area contributed by atoms with Gasteiger partial charge in [0.2, 0.25) is 0 Å². The van der Waals surface area contributed by atoms with Gasteiger partial charge in [0.25, 0.3) is 0 Å². The molecule has 6 rings (SSSR count). The van der Waals surface area contributed by atoms with Gasteiger partial charge in [-0.05, 0) is 63.3 Å². The number of alkyl carbamates (subject to hydrolysis) is 1. The van der Waals surface area contributed by atoms with E-state index in [0.29, 0.717) is 0 Å². The molecule has 0 saturated heterocycles. The second kappa shape index (κ2) is 8.55. The van der Waals surface area contributed by atoms with Crippen molar-refractivity contribution >= 4 is 6.09 Å². The third-order valence-electron chi connectivity index (χ3n) is 7.17. The first-order valence-corrected chi connectivity index (χ1v) is 11.9. The minimum absolute atomic E-state index is 0.0732. The first-order chi connectivity index (χ1) is 16.6. The van der Waals surface area contributed by atoms with Crippen LogP contribution in [0.2, 0.25) is 0 Å². The SMILES string of the molecule is COC(=O)NC(N)c1ccc(CNCc2ccc3c(c2)[C@@H]2O[C@H]3c3ccc(C4CC4)cc32)cc1. The van der Waals surface area contributed by atoms with Crippen LogP contribution in [0.3, 0.4) is 0 Å². The molecule has 2 aliphatic heterocycles. The minimum atomic E-state index is -0.594. The molecule has 3 aromatic carbocycles. The number of amides is 1. The molecule has 6 heteroatoms. The van der Waals surface area contributed by atoms with E-state index in [1.165, 1.54) is 53.3 Å². The van der Waals surface area contributed by atoms with Crippen LogP contribution in [0.4, 0.5) is 4.79 Å². The molecule has 2 bridgehead atoms. The summed E-state index contributed by atoms with van der Waals surface area (Å²) in [5.74, 6) is 0.758. The summed E-state index contributed by atoms with van der Waals surface area (Å²) in [5.41, 5.74) is 16.0. The van der Waals surface area contributed by atoms with Gasteiger partial charge in [0.05, 0.1) is 7.11 Å². The van der Waals surface area contributed by atoms with Crippen LogP contribution in [0, 0.1) is 0 Å². The average Bonchev–Trinajstić information content (AvgIpc) is 3.56. The molecule has 174 valence electrons. The Labute approximate surface area is 199 Å². The largest absolute Gasteiger partial charge is 0.453 e. The van der Waals surface area contributed by atoms with Gasteiger partial charge in [0, 0.05) is 13.1 Å². The van der Waals surface area contributed by atoms with Crippen LogP contribution >= 0.6 is 0 Å².